The second-order valence-corrected chi connectivity index (χ2v) is 8.95. The number of aliphatic hydroxyl groups is 3. The molecule has 0 saturated heterocycles. The molecule has 2 rings (SSSR count). The summed E-state index contributed by atoms with van der Waals surface area (Å²) in [5.41, 5.74) is 0.345. The number of carboxylic acid groups (broad SMARTS) is 1. The fourth-order valence-corrected chi connectivity index (χ4v) is 4.35. The number of hydrogen-bond donors (Lipinski definition) is 7. The molecule has 0 saturated carbocycles. The minimum absolute atomic E-state index is 0.234. The maximum Gasteiger partial charge on any atom is 0.370 e. The molecule has 7 N–H and O–H groups in total. The zero-order valence-corrected chi connectivity index (χ0v) is 18.4. The van der Waals surface area contributed by atoms with E-state index in [0.717, 1.165) is 13.0 Å². The summed E-state index contributed by atoms with van der Waals surface area (Å²) in [6.45, 7) is 1.48. The average molecular weight is 487 g/mol. The second kappa shape index (κ2) is 10.7. The first kappa shape index (κ1) is 26.2. The van der Waals surface area contributed by atoms with Gasteiger partial charge in [0, 0.05) is 19.5 Å². The lowest BCUT2D eigenvalue weighted by molar-refractivity contribution is -0.146. The third-order valence-electron chi connectivity index (χ3n) is 4.61. The summed E-state index contributed by atoms with van der Waals surface area (Å²) in [5, 5.41) is 43.5. The van der Waals surface area contributed by atoms with Crippen LogP contribution in [0.3, 0.4) is 0 Å². The Bertz CT molecular complexity index is 1020. The molecule has 0 bridgehead atoms. The number of aliphatic carboxylic acids is 1. The number of hydrogen-bond acceptors (Lipinski definition) is 9. The number of carbonyl (C=O) groups is 3. The molecule has 0 radical (unpaired) electrons. The Morgan fingerprint density at radius 2 is 1.70 bits per heavy atom. The number of rotatable bonds is 9. The number of carbonyl (C=O) groups excluding carboxylic acids is 2. The molecule has 2 amide bonds. The van der Waals surface area contributed by atoms with E-state index in [4.69, 9.17) is 9.84 Å². The third kappa shape index (κ3) is 6.72. The number of aliphatic hydroxyl groups excluding tert-OH is 3. The van der Waals surface area contributed by atoms with Crippen molar-refractivity contribution in [3.05, 3.63) is 36.1 Å². The SMILES string of the molecule is CC(=O)Nc1ccc(S(=O)(=O)N[C@H]2C=C(C(=O)O)O[C@@H]([C@H](O)[C@H](O)CO)[C@@H]2NC(C)=O)cc1. The Hall–Kier alpha value is -3.04. The van der Waals surface area contributed by atoms with Crippen molar-refractivity contribution in [2.45, 2.75) is 49.1 Å². The van der Waals surface area contributed by atoms with Gasteiger partial charge in [0.1, 0.15) is 18.3 Å². The van der Waals surface area contributed by atoms with E-state index in [0.29, 0.717) is 5.69 Å². The van der Waals surface area contributed by atoms with Crippen molar-refractivity contribution in [3.63, 3.8) is 0 Å². The van der Waals surface area contributed by atoms with Crippen molar-refractivity contribution < 1.29 is 48.0 Å². The molecule has 1 aliphatic rings. The molecule has 0 spiro atoms. The van der Waals surface area contributed by atoms with Crippen LogP contribution in [0.25, 0.3) is 0 Å². The molecule has 1 aliphatic heterocycles. The fourth-order valence-electron chi connectivity index (χ4n) is 3.14. The maximum atomic E-state index is 12.9. The summed E-state index contributed by atoms with van der Waals surface area (Å²) in [4.78, 5) is 34.1. The fraction of sp³-hybridized carbons (Fsp3) is 0.421. The highest BCUT2D eigenvalue weighted by molar-refractivity contribution is 7.89. The Labute approximate surface area is 189 Å². The van der Waals surface area contributed by atoms with Gasteiger partial charge >= 0.3 is 5.97 Å². The van der Waals surface area contributed by atoms with Crippen molar-refractivity contribution in [2.75, 3.05) is 11.9 Å². The number of ether oxygens (including phenoxy) is 1. The van der Waals surface area contributed by atoms with Crippen LogP contribution in [0.2, 0.25) is 0 Å². The van der Waals surface area contributed by atoms with Crippen molar-refractivity contribution in [3.8, 4) is 0 Å². The molecule has 1 heterocycles. The highest BCUT2D eigenvalue weighted by Gasteiger charge is 2.44. The Balaban J connectivity index is 2.43. The quantitative estimate of drug-likeness (QED) is 0.201. The molecule has 1 aromatic carbocycles. The molecule has 0 unspecified atom stereocenters. The van der Waals surface area contributed by atoms with Gasteiger partial charge in [-0.1, -0.05) is 0 Å². The highest BCUT2D eigenvalue weighted by Crippen LogP contribution is 2.25. The zero-order chi connectivity index (χ0) is 24.9. The molecule has 0 aromatic heterocycles. The van der Waals surface area contributed by atoms with E-state index < -0.39 is 64.7 Å². The van der Waals surface area contributed by atoms with Gasteiger partial charge < -0.3 is 35.8 Å². The van der Waals surface area contributed by atoms with Crippen LogP contribution < -0.4 is 15.4 Å². The summed E-state index contributed by atoms with van der Waals surface area (Å²) in [7, 11) is -4.30. The molecule has 5 atom stereocenters. The van der Waals surface area contributed by atoms with Gasteiger partial charge in [-0.3, -0.25) is 9.59 Å². The molecule has 0 fully saturated rings. The van der Waals surface area contributed by atoms with Gasteiger partial charge in [-0.25, -0.2) is 17.9 Å². The highest BCUT2D eigenvalue weighted by atomic mass is 32.2. The molecule has 0 aliphatic carbocycles. The molecular formula is C19H25N3O10S. The van der Waals surface area contributed by atoms with Crippen LogP contribution in [0.4, 0.5) is 5.69 Å². The Kier molecular flexibility index (Phi) is 8.51. The molecule has 14 heteroatoms. The number of nitrogens with one attached hydrogen (secondary N) is 3. The summed E-state index contributed by atoms with van der Waals surface area (Å²) in [6, 6.07) is 2.31. The van der Waals surface area contributed by atoms with Crippen LogP contribution in [0.5, 0.6) is 0 Å². The van der Waals surface area contributed by atoms with Crippen LogP contribution in [0.15, 0.2) is 41.0 Å². The molecule has 33 heavy (non-hydrogen) atoms. The van der Waals surface area contributed by atoms with E-state index in [1.807, 2.05) is 0 Å². The van der Waals surface area contributed by atoms with Crippen LogP contribution >= 0.6 is 0 Å². The van der Waals surface area contributed by atoms with E-state index >= 15 is 0 Å². The van der Waals surface area contributed by atoms with Crippen molar-refractivity contribution in [1.29, 1.82) is 0 Å². The van der Waals surface area contributed by atoms with Gasteiger partial charge in [-0.15, -0.1) is 0 Å². The Morgan fingerprint density at radius 3 is 2.18 bits per heavy atom. The average Bonchev–Trinajstić information content (AvgIpc) is 2.73. The minimum atomic E-state index is -4.30. The predicted octanol–water partition coefficient (Wildman–Crippen LogP) is -2.12. The topological polar surface area (TPSA) is 212 Å². The molecule has 13 nitrogen and oxygen atoms in total. The van der Waals surface area contributed by atoms with Gasteiger partial charge in [-0.2, -0.15) is 0 Å². The second-order valence-electron chi connectivity index (χ2n) is 7.24. The first-order valence-electron chi connectivity index (χ1n) is 9.61. The standard InChI is InChI=1S/C19H25N3O10S/c1-9(24)20-11-3-5-12(6-4-11)33(30,31)22-13-7-15(19(28)29)32-18(16(13)21-10(2)25)17(27)14(26)8-23/h3-7,13-14,16-18,22-23,26-27H,8H2,1-2H3,(H,20,24)(H,21,25)(H,28,29)/t13-,14+,16+,17+,18+/m0/s1. The van der Waals surface area contributed by atoms with E-state index in [-0.39, 0.29) is 10.8 Å². The minimum Gasteiger partial charge on any atom is -0.478 e. The van der Waals surface area contributed by atoms with Gasteiger partial charge in [0.15, 0.2) is 0 Å². The van der Waals surface area contributed by atoms with Crippen molar-refractivity contribution in [2.24, 2.45) is 0 Å². The lowest BCUT2D eigenvalue weighted by Crippen LogP contribution is -2.63. The monoisotopic (exact) mass is 487 g/mol. The maximum absolute atomic E-state index is 12.9. The van der Waals surface area contributed by atoms with E-state index in [9.17, 15) is 38.1 Å². The van der Waals surface area contributed by atoms with E-state index in [1.165, 1.54) is 31.2 Å². The lowest BCUT2D eigenvalue weighted by Gasteiger charge is -2.39. The first-order chi connectivity index (χ1) is 15.4. The van der Waals surface area contributed by atoms with Gasteiger partial charge in [0.05, 0.1) is 23.6 Å². The number of carboxylic acids is 1. The smallest absolute Gasteiger partial charge is 0.370 e. The molecular weight excluding hydrogens is 462 g/mol. The lowest BCUT2D eigenvalue weighted by atomic mass is 9.92. The van der Waals surface area contributed by atoms with Crippen LogP contribution in [0.1, 0.15) is 13.8 Å². The van der Waals surface area contributed by atoms with E-state index in [1.54, 1.807) is 0 Å². The number of benzene rings is 1. The summed E-state index contributed by atoms with van der Waals surface area (Å²) >= 11 is 0. The largest absolute Gasteiger partial charge is 0.478 e. The molecule has 182 valence electrons. The summed E-state index contributed by atoms with van der Waals surface area (Å²) in [6.07, 6.45) is -4.36. The van der Waals surface area contributed by atoms with Gasteiger partial charge in [0.2, 0.25) is 27.6 Å². The van der Waals surface area contributed by atoms with Gasteiger partial charge in [0.25, 0.3) is 0 Å². The van der Waals surface area contributed by atoms with Crippen molar-refractivity contribution >= 4 is 33.5 Å². The summed E-state index contributed by atoms with van der Waals surface area (Å²) in [5.74, 6) is -3.34. The normalized spacial score (nSPS) is 22.3. The number of anilines is 1. The Morgan fingerprint density at radius 1 is 1.09 bits per heavy atom. The first-order valence-corrected chi connectivity index (χ1v) is 11.1. The van der Waals surface area contributed by atoms with Crippen molar-refractivity contribution in [1.82, 2.24) is 10.0 Å². The van der Waals surface area contributed by atoms with Crippen LogP contribution in [-0.2, 0) is 29.1 Å². The number of sulfonamides is 1. The summed E-state index contributed by atoms with van der Waals surface area (Å²) < 4.78 is 33.3. The van der Waals surface area contributed by atoms with Crippen LogP contribution in [0, 0.1) is 0 Å². The molecule has 1 aromatic rings. The number of amides is 2. The predicted molar refractivity (Wildman–Crippen MR) is 112 cm³/mol. The third-order valence-corrected chi connectivity index (χ3v) is 6.08. The van der Waals surface area contributed by atoms with E-state index in [2.05, 4.69) is 15.4 Å². The van der Waals surface area contributed by atoms with Gasteiger partial charge in [-0.05, 0) is 30.3 Å². The zero-order valence-electron chi connectivity index (χ0n) is 17.6. The van der Waals surface area contributed by atoms with Crippen LogP contribution in [-0.4, -0.2) is 83.6 Å².